The standard InChI is InChI=1S/C12H8ClF3N2/c13-6-11-10(8-1-3-17-4-2-8)5-9(7-18-11)12(14,15)16/h1-5,7H,6H2. The lowest BCUT2D eigenvalue weighted by atomic mass is 10.0. The summed E-state index contributed by atoms with van der Waals surface area (Å²) in [5.74, 6) is 0.0514. The van der Waals surface area contributed by atoms with Crippen molar-refractivity contribution in [1.82, 2.24) is 9.97 Å². The Bertz CT molecular complexity index is 541. The second kappa shape index (κ2) is 4.94. The Hall–Kier alpha value is -1.62. The molecular weight excluding hydrogens is 265 g/mol. The molecule has 0 N–H and O–H groups in total. The van der Waals surface area contributed by atoms with Gasteiger partial charge in [-0.2, -0.15) is 13.2 Å². The molecule has 0 aliphatic carbocycles. The molecule has 0 spiro atoms. The van der Waals surface area contributed by atoms with Crippen LogP contribution >= 0.6 is 11.6 Å². The van der Waals surface area contributed by atoms with Gasteiger partial charge < -0.3 is 0 Å². The van der Waals surface area contributed by atoms with Crippen LogP contribution in [0.2, 0.25) is 0 Å². The maximum Gasteiger partial charge on any atom is 0.417 e. The zero-order chi connectivity index (χ0) is 13.2. The van der Waals surface area contributed by atoms with Crippen molar-refractivity contribution >= 4 is 11.6 Å². The van der Waals surface area contributed by atoms with Gasteiger partial charge in [-0.05, 0) is 23.8 Å². The number of alkyl halides is 4. The van der Waals surface area contributed by atoms with Gasteiger partial charge in [0, 0.05) is 24.2 Å². The van der Waals surface area contributed by atoms with E-state index in [0.717, 1.165) is 12.3 Å². The Kier molecular flexibility index (Phi) is 3.52. The van der Waals surface area contributed by atoms with E-state index in [1.807, 2.05) is 0 Å². The molecule has 0 aliphatic rings. The maximum atomic E-state index is 12.6. The monoisotopic (exact) mass is 272 g/mol. The molecule has 2 nitrogen and oxygen atoms in total. The van der Waals surface area contributed by atoms with Crippen molar-refractivity contribution in [3.63, 3.8) is 0 Å². The quantitative estimate of drug-likeness (QED) is 0.775. The zero-order valence-electron chi connectivity index (χ0n) is 9.08. The highest BCUT2D eigenvalue weighted by Crippen LogP contribution is 2.33. The Balaban J connectivity index is 2.57. The molecular formula is C12H8ClF3N2. The number of nitrogens with zero attached hydrogens (tertiary/aromatic N) is 2. The molecule has 0 aromatic carbocycles. The van der Waals surface area contributed by atoms with Crippen LogP contribution in [-0.4, -0.2) is 9.97 Å². The average Bonchev–Trinajstić information content (AvgIpc) is 2.38. The van der Waals surface area contributed by atoms with Crippen molar-refractivity contribution in [3.05, 3.63) is 48.0 Å². The van der Waals surface area contributed by atoms with Gasteiger partial charge in [0.05, 0.1) is 17.1 Å². The number of hydrogen-bond acceptors (Lipinski definition) is 2. The lowest BCUT2D eigenvalue weighted by Crippen LogP contribution is -2.07. The SMILES string of the molecule is FC(F)(F)c1cnc(CCl)c(-c2ccncc2)c1. The van der Waals surface area contributed by atoms with Crippen molar-refractivity contribution in [2.24, 2.45) is 0 Å². The fourth-order valence-electron chi connectivity index (χ4n) is 1.54. The van der Waals surface area contributed by atoms with Crippen LogP contribution < -0.4 is 0 Å². The van der Waals surface area contributed by atoms with E-state index in [9.17, 15) is 13.2 Å². The first kappa shape index (κ1) is 12.8. The summed E-state index contributed by atoms with van der Waals surface area (Å²) >= 11 is 5.69. The minimum Gasteiger partial charge on any atom is -0.265 e. The number of halogens is 4. The van der Waals surface area contributed by atoms with Gasteiger partial charge in [-0.1, -0.05) is 0 Å². The summed E-state index contributed by atoms with van der Waals surface area (Å²) in [7, 11) is 0. The van der Waals surface area contributed by atoms with Crippen LogP contribution in [0.25, 0.3) is 11.1 Å². The normalized spacial score (nSPS) is 11.6. The van der Waals surface area contributed by atoms with Crippen molar-refractivity contribution in [1.29, 1.82) is 0 Å². The highest BCUT2D eigenvalue weighted by molar-refractivity contribution is 6.17. The lowest BCUT2D eigenvalue weighted by molar-refractivity contribution is -0.137. The second-order valence-corrected chi connectivity index (χ2v) is 3.85. The van der Waals surface area contributed by atoms with Crippen LogP contribution in [0.5, 0.6) is 0 Å². The Morgan fingerprint density at radius 1 is 1.17 bits per heavy atom. The third kappa shape index (κ3) is 2.61. The average molecular weight is 273 g/mol. The van der Waals surface area contributed by atoms with Crippen LogP contribution in [0.4, 0.5) is 13.2 Å². The molecule has 2 heterocycles. The maximum absolute atomic E-state index is 12.6. The van der Waals surface area contributed by atoms with Gasteiger partial charge in [-0.3, -0.25) is 9.97 Å². The summed E-state index contributed by atoms with van der Waals surface area (Å²) in [6.45, 7) is 0. The Morgan fingerprint density at radius 2 is 1.83 bits per heavy atom. The molecule has 2 rings (SSSR count). The second-order valence-electron chi connectivity index (χ2n) is 3.59. The van der Waals surface area contributed by atoms with Gasteiger partial charge in [-0.15, -0.1) is 11.6 Å². The van der Waals surface area contributed by atoms with Gasteiger partial charge in [-0.25, -0.2) is 0 Å². The van der Waals surface area contributed by atoms with Crippen LogP contribution in [0.15, 0.2) is 36.8 Å². The highest BCUT2D eigenvalue weighted by Gasteiger charge is 2.31. The lowest BCUT2D eigenvalue weighted by Gasteiger charge is -2.11. The molecule has 0 saturated heterocycles. The third-order valence-corrected chi connectivity index (χ3v) is 2.67. The number of pyridine rings is 2. The largest absolute Gasteiger partial charge is 0.417 e. The van der Waals surface area contributed by atoms with E-state index in [-0.39, 0.29) is 5.88 Å². The van der Waals surface area contributed by atoms with Crippen molar-refractivity contribution in [2.75, 3.05) is 0 Å². The molecule has 0 aliphatic heterocycles. The molecule has 0 unspecified atom stereocenters. The molecule has 2 aromatic rings. The van der Waals surface area contributed by atoms with Crippen molar-refractivity contribution < 1.29 is 13.2 Å². The van der Waals surface area contributed by atoms with Gasteiger partial charge in [0.25, 0.3) is 0 Å². The van der Waals surface area contributed by atoms with Gasteiger partial charge >= 0.3 is 6.18 Å². The van der Waals surface area contributed by atoms with E-state index >= 15 is 0 Å². The van der Waals surface area contributed by atoms with Crippen molar-refractivity contribution in [2.45, 2.75) is 12.1 Å². The van der Waals surface area contributed by atoms with E-state index in [2.05, 4.69) is 9.97 Å². The van der Waals surface area contributed by atoms with Crippen LogP contribution in [-0.2, 0) is 12.1 Å². The minimum atomic E-state index is -4.42. The van der Waals surface area contributed by atoms with Gasteiger partial charge in [0.2, 0.25) is 0 Å². The summed E-state index contributed by atoms with van der Waals surface area (Å²) in [6.07, 6.45) is -0.608. The smallest absolute Gasteiger partial charge is 0.265 e. The van der Waals surface area contributed by atoms with Gasteiger partial charge in [0.1, 0.15) is 0 Å². The molecule has 0 bridgehead atoms. The molecule has 18 heavy (non-hydrogen) atoms. The van der Waals surface area contributed by atoms with Crippen LogP contribution in [0.3, 0.4) is 0 Å². The topological polar surface area (TPSA) is 25.8 Å². The molecule has 0 amide bonds. The molecule has 6 heteroatoms. The first-order valence-corrected chi connectivity index (χ1v) is 5.58. The summed E-state index contributed by atoms with van der Waals surface area (Å²) in [5.41, 5.74) is 0.612. The molecule has 2 aromatic heterocycles. The van der Waals surface area contributed by atoms with Gasteiger partial charge in [0.15, 0.2) is 0 Å². The van der Waals surface area contributed by atoms with Crippen LogP contribution in [0, 0.1) is 0 Å². The minimum absolute atomic E-state index is 0.0514. The number of rotatable bonds is 2. The molecule has 0 fully saturated rings. The van der Waals surface area contributed by atoms with E-state index in [1.165, 1.54) is 12.4 Å². The molecule has 0 saturated carbocycles. The first-order valence-electron chi connectivity index (χ1n) is 5.05. The molecule has 94 valence electrons. The predicted molar refractivity (Wildman–Crippen MR) is 62.0 cm³/mol. The van der Waals surface area contributed by atoms with Crippen molar-refractivity contribution in [3.8, 4) is 11.1 Å². The number of aromatic nitrogens is 2. The highest BCUT2D eigenvalue weighted by atomic mass is 35.5. The zero-order valence-corrected chi connectivity index (χ0v) is 9.83. The Morgan fingerprint density at radius 3 is 2.39 bits per heavy atom. The molecule has 0 atom stereocenters. The summed E-state index contributed by atoms with van der Waals surface area (Å²) < 4.78 is 37.9. The number of hydrogen-bond donors (Lipinski definition) is 0. The first-order chi connectivity index (χ1) is 8.52. The van der Waals surface area contributed by atoms with E-state index in [0.29, 0.717) is 16.8 Å². The molecule has 0 radical (unpaired) electrons. The van der Waals surface area contributed by atoms with E-state index in [1.54, 1.807) is 12.1 Å². The third-order valence-electron chi connectivity index (χ3n) is 2.42. The predicted octanol–water partition coefficient (Wildman–Crippen LogP) is 3.90. The summed E-state index contributed by atoms with van der Waals surface area (Å²) in [4.78, 5) is 7.59. The van der Waals surface area contributed by atoms with E-state index in [4.69, 9.17) is 11.6 Å². The fourth-order valence-corrected chi connectivity index (χ4v) is 1.75. The Labute approximate surface area is 106 Å². The van der Waals surface area contributed by atoms with Crippen LogP contribution in [0.1, 0.15) is 11.3 Å². The van der Waals surface area contributed by atoms with E-state index < -0.39 is 11.7 Å². The summed E-state index contributed by atoms with van der Waals surface area (Å²) in [5, 5.41) is 0. The fraction of sp³-hybridized carbons (Fsp3) is 0.167. The summed E-state index contributed by atoms with van der Waals surface area (Å²) in [6, 6.07) is 4.29.